The van der Waals surface area contributed by atoms with Gasteiger partial charge in [0.25, 0.3) is 11.8 Å². The van der Waals surface area contributed by atoms with E-state index in [1.165, 1.54) is 11.8 Å². The number of carbonyl (C=O) groups excluding carboxylic acids is 3. The molecule has 0 saturated carbocycles. The highest BCUT2D eigenvalue weighted by molar-refractivity contribution is 8.00. The van der Waals surface area contributed by atoms with Gasteiger partial charge in [0.2, 0.25) is 5.91 Å². The van der Waals surface area contributed by atoms with E-state index in [4.69, 9.17) is 4.74 Å². The van der Waals surface area contributed by atoms with Gasteiger partial charge >= 0.3 is 0 Å². The van der Waals surface area contributed by atoms with Gasteiger partial charge < -0.3 is 20.7 Å². The Balaban J connectivity index is 1.42. The maximum Gasteiger partial charge on any atom is 0.272 e. The van der Waals surface area contributed by atoms with E-state index in [9.17, 15) is 14.4 Å². The minimum Gasteiger partial charge on any atom is -0.492 e. The molecule has 1 atom stereocenters. The topological polar surface area (TPSA) is 96.5 Å². The molecular formula is C34H33N3O4S. The van der Waals surface area contributed by atoms with Crippen molar-refractivity contribution in [3.05, 3.63) is 126 Å². The summed E-state index contributed by atoms with van der Waals surface area (Å²) in [6.07, 6.45) is 1.64. The second-order valence-corrected chi connectivity index (χ2v) is 10.9. The number of ether oxygens (including phenoxy) is 1. The van der Waals surface area contributed by atoms with Crippen molar-refractivity contribution in [3.8, 4) is 5.75 Å². The fraction of sp³-hybridized carbons (Fsp3) is 0.147. The summed E-state index contributed by atoms with van der Waals surface area (Å²) in [6.45, 7) is 6.21. The van der Waals surface area contributed by atoms with Crippen LogP contribution >= 0.6 is 11.8 Å². The van der Waals surface area contributed by atoms with Crippen molar-refractivity contribution in [1.29, 1.82) is 0 Å². The van der Waals surface area contributed by atoms with Crippen LogP contribution in [0.2, 0.25) is 0 Å². The van der Waals surface area contributed by atoms with Crippen LogP contribution in [0.25, 0.3) is 6.08 Å². The second kappa shape index (κ2) is 14.7. The van der Waals surface area contributed by atoms with Gasteiger partial charge in [-0.2, -0.15) is 0 Å². The summed E-state index contributed by atoms with van der Waals surface area (Å²) in [6, 6.07) is 30.9. The van der Waals surface area contributed by atoms with Crippen molar-refractivity contribution in [2.45, 2.75) is 30.9 Å². The Morgan fingerprint density at radius 3 is 2.19 bits per heavy atom. The summed E-state index contributed by atoms with van der Waals surface area (Å²) in [4.78, 5) is 39.8. The molecule has 0 aliphatic carbocycles. The number of hydrogen-bond donors (Lipinski definition) is 3. The van der Waals surface area contributed by atoms with E-state index in [0.29, 0.717) is 29.3 Å². The van der Waals surface area contributed by atoms with Crippen molar-refractivity contribution in [1.82, 2.24) is 5.32 Å². The molecule has 8 heteroatoms. The first kappa shape index (κ1) is 30.1. The summed E-state index contributed by atoms with van der Waals surface area (Å²) < 4.78 is 5.60. The Bertz CT molecular complexity index is 1550. The first-order valence-electron chi connectivity index (χ1n) is 13.6. The van der Waals surface area contributed by atoms with Crippen LogP contribution in [0.5, 0.6) is 5.75 Å². The lowest BCUT2D eigenvalue weighted by Crippen LogP contribution is -2.30. The number of benzene rings is 4. The van der Waals surface area contributed by atoms with E-state index in [0.717, 1.165) is 16.0 Å². The van der Waals surface area contributed by atoms with E-state index >= 15 is 0 Å². The lowest BCUT2D eigenvalue weighted by molar-refractivity contribution is -0.115. The zero-order valence-electron chi connectivity index (χ0n) is 23.7. The van der Waals surface area contributed by atoms with Crippen molar-refractivity contribution >= 4 is 46.9 Å². The summed E-state index contributed by atoms with van der Waals surface area (Å²) in [7, 11) is 0. The van der Waals surface area contributed by atoms with Crippen LogP contribution in [0.15, 0.2) is 114 Å². The van der Waals surface area contributed by atoms with Crippen LogP contribution in [-0.4, -0.2) is 29.6 Å². The van der Waals surface area contributed by atoms with Gasteiger partial charge in [0.1, 0.15) is 11.4 Å². The summed E-state index contributed by atoms with van der Waals surface area (Å²) in [5.41, 5.74) is 3.61. The summed E-state index contributed by atoms with van der Waals surface area (Å²) in [5.74, 6) is -0.362. The molecule has 0 aliphatic rings. The van der Waals surface area contributed by atoms with Gasteiger partial charge in [0, 0.05) is 16.1 Å². The number of nitrogens with one attached hydrogen (secondary N) is 3. The molecule has 0 heterocycles. The van der Waals surface area contributed by atoms with E-state index in [1.807, 2.05) is 87.5 Å². The molecular weight excluding hydrogens is 546 g/mol. The predicted molar refractivity (Wildman–Crippen MR) is 170 cm³/mol. The highest BCUT2D eigenvalue weighted by Gasteiger charge is 2.18. The van der Waals surface area contributed by atoms with Crippen LogP contribution in [0, 0.1) is 6.92 Å². The number of aryl methyl sites for hydroxylation is 1. The number of carbonyl (C=O) groups is 3. The molecule has 7 nitrogen and oxygen atoms in total. The average Bonchev–Trinajstić information content (AvgIpc) is 3.00. The van der Waals surface area contributed by atoms with Gasteiger partial charge in [0.05, 0.1) is 17.5 Å². The van der Waals surface area contributed by atoms with Crippen LogP contribution < -0.4 is 20.7 Å². The highest BCUT2D eigenvalue weighted by atomic mass is 32.2. The van der Waals surface area contributed by atoms with Crippen LogP contribution in [-0.2, 0) is 9.59 Å². The number of rotatable bonds is 11. The lowest BCUT2D eigenvalue weighted by Gasteiger charge is -2.15. The molecule has 0 fully saturated rings. The second-order valence-electron chi connectivity index (χ2n) is 9.45. The van der Waals surface area contributed by atoms with Gasteiger partial charge in [0.15, 0.2) is 0 Å². The van der Waals surface area contributed by atoms with E-state index in [-0.39, 0.29) is 22.8 Å². The number of thioether (sulfide) groups is 1. The van der Waals surface area contributed by atoms with E-state index in [1.54, 1.807) is 42.5 Å². The molecule has 4 rings (SSSR count). The Hall–Kier alpha value is -4.82. The van der Waals surface area contributed by atoms with Gasteiger partial charge in [-0.25, -0.2) is 0 Å². The molecule has 3 N–H and O–H groups in total. The molecule has 3 amide bonds. The molecule has 0 bridgehead atoms. The predicted octanol–water partition coefficient (Wildman–Crippen LogP) is 6.92. The first-order valence-corrected chi connectivity index (χ1v) is 14.5. The highest BCUT2D eigenvalue weighted by Crippen LogP contribution is 2.28. The largest absolute Gasteiger partial charge is 0.492 e. The number of para-hydroxylation sites is 2. The Kier molecular flexibility index (Phi) is 10.6. The zero-order valence-corrected chi connectivity index (χ0v) is 24.5. The molecule has 0 radical (unpaired) electrons. The normalized spacial score (nSPS) is 11.7. The maximum atomic E-state index is 13.3. The van der Waals surface area contributed by atoms with Gasteiger partial charge in [-0.15, -0.1) is 11.8 Å². The average molecular weight is 580 g/mol. The van der Waals surface area contributed by atoms with E-state index in [2.05, 4.69) is 16.0 Å². The third kappa shape index (κ3) is 8.59. The molecule has 42 heavy (non-hydrogen) atoms. The van der Waals surface area contributed by atoms with Crippen LogP contribution in [0.1, 0.15) is 35.3 Å². The summed E-state index contributed by atoms with van der Waals surface area (Å²) >= 11 is 1.40. The third-order valence-electron chi connectivity index (χ3n) is 6.16. The smallest absolute Gasteiger partial charge is 0.272 e. The number of anilines is 2. The Labute approximate surface area is 250 Å². The van der Waals surface area contributed by atoms with E-state index < -0.39 is 5.91 Å². The lowest BCUT2D eigenvalue weighted by atomic mass is 10.1. The van der Waals surface area contributed by atoms with Crippen LogP contribution in [0.3, 0.4) is 0 Å². The van der Waals surface area contributed by atoms with Gasteiger partial charge in [-0.3, -0.25) is 14.4 Å². The minimum absolute atomic E-state index is 0.115. The van der Waals surface area contributed by atoms with Crippen LogP contribution in [0.4, 0.5) is 11.4 Å². The number of hydrogen-bond acceptors (Lipinski definition) is 5. The van der Waals surface area contributed by atoms with Gasteiger partial charge in [-0.05, 0) is 80.9 Å². The summed E-state index contributed by atoms with van der Waals surface area (Å²) in [5, 5.41) is 8.17. The standard InChI is InChI=1S/C34H33N3O4S/c1-4-41-31-13-9-8-12-29(31)36-32(38)24(3)42-28-20-18-27(19-21-28)35-34(40)30(22-25-16-14-23(2)15-17-25)37-33(39)26-10-6-5-7-11-26/h5-22,24H,4H2,1-3H3,(H,35,40)(H,36,38)(H,37,39)/b30-22-. The van der Waals surface area contributed by atoms with Crippen molar-refractivity contribution in [2.24, 2.45) is 0 Å². The molecule has 0 aromatic heterocycles. The minimum atomic E-state index is -0.457. The molecule has 1 unspecified atom stereocenters. The fourth-order valence-electron chi connectivity index (χ4n) is 3.93. The molecule has 0 saturated heterocycles. The third-order valence-corrected chi connectivity index (χ3v) is 7.27. The Morgan fingerprint density at radius 1 is 0.833 bits per heavy atom. The number of amides is 3. The first-order chi connectivity index (χ1) is 20.3. The molecule has 0 aliphatic heterocycles. The molecule has 4 aromatic carbocycles. The fourth-order valence-corrected chi connectivity index (χ4v) is 4.80. The molecule has 4 aromatic rings. The zero-order chi connectivity index (χ0) is 29.9. The van der Waals surface area contributed by atoms with Crippen molar-refractivity contribution in [2.75, 3.05) is 17.2 Å². The van der Waals surface area contributed by atoms with Crippen molar-refractivity contribution in [3.63, 3.8) is 0 Å². The molecule has 0 spiro atoms. The maximum absolute atomic E-state index is 13.3. The SMILES string of the molecule is CCOc1ccccc1NC(=O)C(C)Sc1ccc(NC(=O)/C(=C/c2ccc(C)cc2)NC(=O)c2ccccc2)cc1. The molecule has 214 valence electrons. The monoisotopic (exact) mass is 579 g/mol. The van der Waals surface area contributed by atoms with Crippen molar-refractivity contribution < 1.29 is 19.1 Å². The van der Waals surface area contributed by atoms with Gasteiger partial charge in [-0.1, -0.05) is 60.2 Å². The quantitative estimate of drug-likeness (QED) is 0.132. The Morgan fingerprint density at radius 2 is 1.50 bits per heavy atom.